The van der Waals surface area contributed by atoms with Crippen molar-refractivity contribution in [3.8, 4) is 11.1 Å². The molecule has 2 fully saturated rings. The molecule has 2 aromatic rings. The Kier molecular flexibility index (Phi) is 6.75. The normalized spacial score (nSPS) is 23.4. The molecule has 5 rings (SSSR count). The molecule has 0 bridgehead atoms. The number of carboxylic acids is 1. The minimum Gasteiger partial charge on any atom is -0.481 e. The standard InChI is InChI=1S/C28H32N2O5/c31-26(30-14-6-8-19(16-30)27(32)33)20-13-5-7-18(20)15-29-28(34)35-17-25-23-11-3-1-9-21(23)22-10-2-4-12-24(22)25/h1-4,9-12,18-20,25H,5-8,13-17H2,(H,29,34)(H,32,33). The van der Waals surface area contributed by atoms with Crippen LogP contribution in [0.1, 0.15) is 49.1 Å². The number of rotatable bonds is 6. The summed E-state index contributed by atoms with van der Waals surface area (Å²) in [6, 6.07) is 16.5. The average Bonchev–Trinajstić information content (AvgIpc) is 3.48. The van der Waals surface area contributed by atoms with Gasteiger partial charge in [0.2, 0.25) is 5.91 Å². The first kappa shape index (κ1) is 23.4. The number of carboxylic acid groups (broad SMARTS) is 1. The number of benzene rings is 2. The largest absolute Gasteiger partial charge is 0.481 e. The van der Waals surface area contributed by atoms with E-state index in [1.807, 2.05) is 24.3 Å². The second-order valence-electron chi connectivity index (χ2n) is 9.97. The first-order valence-corrected chi connectivity index (χ1v) is 12.6. The molecule has 2 amide bonds. The van der Waals surface area contributed by atoms with Gasteiger partial charge in [0.15, 0.2) is 0 Å². The van der Waals surface area contributed by atoms with Crippen molar-refractivity contribution in [1.29, 1.82) is 0 Å². The van der Waals surface area contributed by atoms with Crippen molar-refractivity contribution in [3.63, 3.8) is 0 Å². The number of amides is 2. The van der Waals surface area contributed by atoms with Gasteiger partial charge in [-0.2, -0.15) is 0 Å². The van der Waals surface area contributed by atoms with Crippen LogP contribution >= 0.6 is 0 Å². The van der Waals surface area contributed by atoms with Crippen LogP contribution in [0.5, 0.6) is 0 Å². The SMILES string of the molecule is O=C(NCC1CCCC1C(=O)N1CCCC(C(=O)O)C1)OCC1c2ccccc2-c2ccccc21. The molecule has 0 spiro atoms. The van der Waals surface area contributed by atoms with Crippen LogP contribution in [0.3, 0.4) is 0 Å². The lowest BCUT2D eigenvalue weighted by Crippen LogP contribution is -2.46. The molecule has 1 aliphatic heterocycles. The number of nitrogens with zero attached hydrogens (tertiary/aromatic N) is 1. The Hall–Kier alpha value is -3.35. The van der Waals surface area contributed by atoms with Crippen molar-refractivity contribution in [2.75, 3.05) is 26.2 Å². The maximum absolute atomic E-state index is 13.1. The zero-order valence-corrected chi connectivity index (χ0v) is 19.8. The highest BCUT2D eigenvalue weighted by atomic mass is 16.5. The monoisotopic (exact) mass is 476 g/mol. The van der Waals surface area contributed by atoms with Crippen LogP contribution < -0.4 is 5.32 Å². The smallest absolute Gasteiger partial charge is 0.407 e. The molecule has 1 heterocycles. The number of fused-ring (bicyclic) bond motifs is 3. The van der Waals surface area contributed by atoms with E-state index in [0.29, 0.717) is 19.5 Å². The molecule has 1 saturated carbocycles. The van der Waals surface area contributed by atoms with E-state index in [0.717, 1.165) is 25.7 Å². The summed E-state index contributed by atoms with van der Waals surface area (Å²) in [6.45, 7) is 1.56. The molecule has 184 valence electrons. The van der Waals surface area contributed by atoms with Crippen LogP contribution in [0, 0.1) is 17.8 Å². The Bertz CT molecular complexity index is 1070. The Morgan fingerprint density at radius 1 is 0.943 bits per heavy atom. The molecular formula is C28H32N2O5. The van der Waals surface area contributed by atoms with E-state index in [1.165, 1.54) is 22.3 Å². The Morgan fingerprint density at radius 3 is 2.31 bits per heavy atom. The van der Waals surface area contributed by atoms with E-state index in [1.54, 1.807) is 4.90 Å². The van der Waals surface area contributed by atoms with Crippen LogP contribution in [0.15, 0.2) is 48.5 Å². The number of hydrogen-bond acceptors (Lipinski definition) is 4. The third kappa shape index (κ3) is 4.77. The van der Waals surface area contributed by atoms with Crippen molar-refractivity contribution in [2.45, 2.75) is 38.0 Å². The summed E-state index contributed by atoms with van der Waals surface area (Å²) in [5.41, 5.74) is 4.72. The molecule has 0 radical (unpaired) electrons. The molecular weight excluding hydrogens is 444 g/mol. The summed E-state index contributed by atoms with van der Waals surface area (Å²) < 4.78 is 5.64. The predicted molar refractivity (Wildman–Crippen MR) is 131 cm³/mol. The van der Waals surface area contributed by atoms with E-state index in [4.69, 9.17) is 4.74 Å². The Labute approximate surface area is 205 Å². The first-order chi connectivity index (χ1) is 17.0. The van der Waals surface area contributed by atoms with Crippen molar-refractivity contribution in [1.82, 2.24) is 10.2 Å². The molecule has 3 aliphatic rings. The lowest BCUT2D eigenvalue weighted by molar-refractivity contribution is -0.147. The van der Waals surface area contributed by atoms with Gasteiger partial charge in [-0.3, -0.25) is 9.59 Å². The second kappa shape index (κ2) is 10.1. The van der Waals surface area contributed by atoms with Gasteiger partial charge in [-0.05, 0) is 53.9 Å². The number of nitrogens with one attached hydrogen (secondary N) is 1. The third-order valence-electron chi connectivity index (χ3n) is 7.91. The van der Waals surface area contributed by atoms with Crippen LogP contribution in [-0.4, -0.2) is 54.2 Å². The summed E-state index contributed by atoms with van der Waals surface area (Å²) in [5.74, 6) is -1.39. The number of hydrogen-bond donors (Lipinski definition) is 2. The first-order valence-electron chi connectivity index (χ1n) is 12.6. The van der Waals surface area contributed by atoms with E-state index in [2.05, 4.69) is 29.6 Å². The predicted octanol–water partition coefficient (Wildman–Crippen LogP) is 4.26. The van der Waals surface area contributed by atoms with Crippen molar-refractivity contribution >= 4 is 18.0 Å². The number of aliphatic carboxylic acids is 1. The van der Waals surface area contributed by atoms with E-state index in [9.17, 15) is 19.5 Å². The van der Waals surface area contributed by atoms with Gasteiger partial charge in [-0.1, -0.05) is 55.0 Å². The van der Waals surface area contributed by atoms with Crippen LogP contribution in [0.2, 0.25) is 0 Å². The van der Waals surface area contributed by atoms with E-state index in [-0.39, 0.29) is 36.8 Å². The molecule has 0 aromatic heterocycles. The van der Waals surface area contributed by atoms with Gasteiger partial charge >= 0.3 is 12.1 Å². The maximum Gasteiger partial charge on any atom is 0.407 e. The van der Waals surface area contributed by atoms with Gasteiger partial charge in [0.1, 0.15) is 6.61 Å². The summed E-state index contributed by atoms with van der Waals surface area (Å²) in [6.07, 6.45) is 3.47. The summed E-state index contributed by atoms with van der Waals surface area (Å²) in [7, 11) is 0. The van der Waals surface area contributed by atoms with Gasteiger partial charge in [0.05, 0.1) is 5.92 Å². The highest BCUT2D eigenvalue weighted by Gasteiger charge is 2.38. The van der Waals surface area contributed by atoms with Gasteiger partial charge in [0, 0.05) is 31.5 Å². The van der Waals surface area contributed by atoms with Crippen molar-refractivity contribution in [3.05, 3.63) is 59.7 Å². The van der Waals surface area contributed by atoms with Crippen LogP contribution in [-0.2, 0) is 14.3 Å². The van der Waals surface area contributed by atoms with Gasteiger partial charge < -0.3 is 20.1 Å². The van der Waals surface area contributed by atoms with Gasteiger partial charge in [0.25, 0.3) is 0 Å². The number of piperidine rings is 1. The van der Waals surface area contributed by atoms with Crippen molar-refractivity contribution < 1.29 is 24.2 Å². The fraction of sp³-hybridized carbons (Fsp3) is 0.464. The molecule has 2 aromatic carbocycles. The maximum atomic E-state index is 13.1. The molecule has 1 saturated heterocycles. The summed E-state index contributed by atoms with van der Waals surface area (Å²) >= 11 is 0. The second-order valence-corrected chi connectivity index (χ2v) is 9.97. The minimum atomic E-state index is -0.831. The highest BCUT2D eigenvalue weighted by Crippen LogP contribution is 2.44. The molecule has 3 atom stereocenters. The number of ether oxygens (including phenoxy) is 1. The van der Waals surface area contributed by atoms with E-state index < -0.39 is 18.0 Å². The van der Waals surface area contributed by atoms with Gasteiger partial charge in [-0.15, -0.1) is 0 Å². The fourth-order valence-corrected chi connectivity index (χ4v) is 6.08. The zero-order valence-electron chi connectivity index (χ0n) is 19.8. The van der Waals surface area contributed by atoms with E-state index >= 15 is 0 Å². The topological polar surface area (TPSA) is 95.9 Å². The Morgan fingerprint density at radius 2 is 1.63 bits per heavy atom. The van der Waals surface area contributed by atoms with Crippen LogP contribution in [0.4, 0.5) is 4.79 Å². The van der Waals surface area contributed by atoms with Gasteiger partial charge in [-0.25, -0.2) is 4.79 Å². The number of carbonyl (C=O) groups excluding carboxylic acids is 2. The summed E-state index contributed by atoms with van der Waals surface area (Å²) in [5, 5.41) is 12.2. The summed E-state index contributed by atoms with van der Waals surface area (Å²) in [4.78, 5) is 38.8. The number of likely N-dealkylation sites (tertiary alicyclic amines) is 1. The molecule has 7 nitrogen and oxygen atoms in total. The highest BCUT2D eigenvalue weighted by molar-refractivity contribution is 5.81. The molecule has 2 N–H and O–H groups in total. The molecule has 2 aliphatic carbocycles. The number of carbonyl (C=O) groups is 3. The molecule has 3 unspecified atom stereocenters. The molecule has 7 heteroatoms. The zero-order chi connectivity index (χ0) is 24.4. The third-order valence-corrected chi connectivity index (χ3v) is 7.91. The van der Waals surface area contributed by atoms with Crippen LogP contribution in [0.25, 0.3) is 11.1 Å². The molecule has 35 heavy (non-hydrogen) atoms. The average molecular weight is 477 g/mol. The van der Waals surface area contributed by atoms with Crippen molar-refractivity contribution in [2.24, 2.45) is 17.8 Å². The lowest BCUT2D eigenvalue weighted by atomic mass is 9.92. The minimum absolute atomic E-state index is 0.00948. The Balaban J connectivity index is 1.15. The quantitative estimate of drug-likeness (QED) is 0.649. The lowest BCUT2D eigenvalue weighted by Gasteiger charge is -2.34. The fourth-order valence-electron chi connectivity index (χ4n) is 6.08. The number of alkyl carbamates (subject to hydrolysis) is 1.